The van der Waals surface area contributed by atoms with Gasteiger partial charge in [0.1, 0.15) is 12.4 Å². The van der Waals surface area contributed by atoms with Gasteiger partial charge in [-0.2, -0.15) is 0 Å². The first kappa shape index (κ1) is 16.0. The topological polar surface area (TPSA) is 30.5 Å². The molecule has 0 fully saturated rings. The predicted octanol–water partition coefficient (Wildman–Crippen LogP) is 3.01. The summed E-state index contributed by atoms with van der Waals surface area (Å²) in [6.45, 7) is 12.5. The Balaban J connectivity index is 2.19. The fraction of sp³-hybridized carbons (Fsp3) is 0.625. The van der Waals surface area contributed by atoms with Crippen molar-refractivity contribution in [1.29, 1.82) is 0 Å². The van der Waals surface area contributed by atoms with Crippen molar-refractivity contribution in [3.8, 4) is 5.75 Å². The highest BCUT2D eigenvalue weighted by Gasteiger charge is 2.04. The summed E-state index contributed by atoms with van der Waals surface area (Å²) in [5.74, 6) is 1.03. The van der Waals surface area contributed by atoms with E-state index < -0.39 is 0 Å². The fourth-order valence-electron chi connectivity index (χ4n) is 2.19. The van der Waals surface area contributed by atoms with Crippen molar-refractivity contribution in [3.63, 3.8) is 0 Å². The Morgan fingerprint density at radius 2 is 1.68 bits per heavy atom. The van der Waals surface area contributed by atoms with Crippen LogP contribution in [-0.4, -0.2) is 32.9 Å². The van der Waals surface area contributed by atoms with Gasteiger partial charge in [-0.3, -0.25) is 0 Å². The second-order valence-electron chi connectivity index (χ2n) is 4.88. The molecule has 0 aromatic heterocycles. The van der Waals surface area contributed by atoms with E-state index in [1.54, 1.807) is 0 Å². The number of rotatable bonds is 9. The minimum atomic E-state index is 0.708. The first-order valence-electron chi connectivity index (χ1n) is 7.14. The zero-order valence-corrected chi connectivity index (χ0v) is 12.7. The average molecular weight is 265 g/mol. The van der Waals surface area contributed by atoms with Gasteiger partial charge in [-0.25, -0.2) is 0 Å². The second-order valence-corrected chi connectivity index (χ2v) is 4.88. The molecule has 0 atom stereocenters. The maximum absolute atomic E-state index is 5.86. The summed E-state index contributed by atoms with van der Waals surface area (Å²) in [4.78, 5) is 0. The molecule has 3 nitrogen and oxygen atoms in total. The van der Waals surface area contributed by atoms with Crippen LogP contribution in [-0.2, 0) is 4.74 Å². The van der Waals surface area contributed by atoms with Crippen LogP contribution in [0, 0.1) is 20.8 Å². The Hall–Kier alpha value is -1.06. The largest absolute Gasteiger partial charge is 0.492 e. The molecular weight excluding hydrogens is 238 g/mol. The lowest BCUT2D eigenvalue weighted by Gasteiger charge is -2.13. The molecule has 19 heavy (non-hydrogen) atoms. The lowest BCUT2D eigenvalue weighted by molar-refractivity contribution is 0.144. The summed E-state index contributed by atoms with van der Waals surface area (Å²) in [7, 11) is 0. The molecule has 0 radical (unpaired) electrons. The van der Waals surface area contributed by atoms with Gasteiger partial charge in [0.05, 0.1) is 0 Å². The van der Waals surface area contributed by atoms with Gasteiger partial charge in [0.25, 0.3) is 0 Å². The molecule has 1 N–H and O–H groups in total. The second kappa shape index (κ2) is 8.94. The molecule has 1 aromatic rings. The van der Waals surface area contributed by atoms with Crippen LogP contribution in [0.5, 0.6) is 5.75 Å². The summed E-state index contributed by atoms with van der Waals surface area (Å²) in [6, 6.07) is 4.33. The van der Waals surface area contributed by atoms with Crippen molar-refractivity contribution in [3.05, 3.63) is 28.8 Å². The van der Waals surface area contributed by atoms with E-state index in [0.717, 1.165) is 38.5 Å². The van der Waals surface area contributed by atoms with Crippen LogP contribution in [0.25, 0.3) is 0 Å². The summed E-state index contributed by atoms with van der Waals surface area (Å²) in [5, 5.41) is 3.36. The van der Waals surface area contributed by atoms with Gasteiger partial charge < -0.3 is 14.8 Å². The molecule has 0 amide bonds. The maximum atomic E-state index is 5.86. The molecule has 0 saturated carbocycles. The zero-order chi connectivity index (χ0) is 14.1. The van der Waals surface area contributed by atoms with E-state index in [2.05, 4.69) is 38.2 Å². The lowest BCUT2D eigenvalue weighted by Crippen LogP contribution is -2.23. The predicted molar refractivity (Wildman–Crippen MR) is 80.1 cm³/mol. The quantitative estimate of drug-likeness (QED) is 0.696. The minimum Gasteiger partial charge on any atom is -0.492 e. The molecule has 0 aliphatic heterocycles. The molecule has 1 rings (SSSR count). The van der Waals surface area contributed by atoms with Crippen molar-refractivity contribution < 1.29 is 9.47 Å². The third-order valence-electron chi connectivity index (χ3n) is 2.98. The Kier molecular flexibility index (Phi) is 7.53. The summed E-state index contributed by atoms with van der Waals surface area (Å²) in [6.07, 6.45) is 1.05. The molecular formula is C16H27NO2. The molecule has 0 saturated heterocycles. The maximum Gasteiger partial charge on any atom is 0.125 e. The Morgan fingerprint density at radius 3 is 2.32 bits per heavy atom. The monoisotopic (exact) mass is 265 g/mol. The van der Waals surface area contributed by atoms with Gasteiger partial charge in [-0.15, -0.1) is 0 Å². The molecule has 3 heteroatoms. The summed E-state index contributed by atoms with van der Waals surface area (Å²) in [5.41, 5.74) is 3.72. The Bertz CT molecular complexity index is 354. The third-order valence-corrected chi connectivity index (χ3v) is 2.98. The van der Waals surface area contributed by atoms with Crippen LogP contribution in [0.1, 0.15) is 30.0 Å². The summed E-state index contributed by atoms with van der Waals surface area (Å²) < 4.78 is 11.1. The van der Waals surface area contributed by atoms with Gasteiger partial charge in [-0.05, 0) is 51.8 Å². The van der Waals surface area contributed by atoms with E-state index in [1.807, 2.05) is 6.92 Å². The van der Waals surface area contributed by atoms with Crippen molar-refractivity contribution in [2.75, 3.05) is 32.9 Å². The lowest BCUT2D eigenvalue weighted by atomic mass is 10.1. The molecule has 1 aromatic carbocycles. The normalized spacial score (nSPS) is 10.7. The van der Waals surface area contributed by atoms with E-state index >= 15 is 0 Å². The number of benzene rings is 1. The number of ether oxygens (including phenoxy) is 2. The molecule has 0 bridgehead atoms. The number of nitrogens with one attached hydrogen (secondary N) is 1. The van der Waals surface area contributed by atoms with Crippen molar-refractivity contribution in [1.82, 2.24) is 5.32 Å². The minimum absolute atomic E-state index is 0.708. The number of hydrogen-bond acceptors (Lipinski definition) is 3. The highest BCUT2D eigenvalue weighted by molar-refractivity contribution is 5.42. The molecule has 0 heterocycles. The van der Waals surface area contributed by atoms with E-state index in [-0.39, 0.29) is 0 Å². The van der Waals surface area contributed by atoms with E-state index in [0.29, 0.717) is 6.61 Å². The van der Waals surface area contributed by atoms with Crippen LogP contribution >= 0.6 is 0 Å². The molecule has 108 valence electrons. The van der Waals surface area contributed by atoms with Crippen LogP contribution in [0.3, 0.4) is 0 Å². The third kappa shape index (κ3) is 6.08. The first-order chi connectivity index (χ1) is 9.15. The van der Waals surface area contributed by atoms with Crippen molar-refractivity contribution >= 4 is 0 Å². The standard InChI is InChI=1S/C16H27NO2/c1-5-18-9-6-7-17-8-10-19-16-14(3)11-13(2)12-15(16)4/h11-12,17H,5-10H2,1-4H3. The van der Waals surface area contributed by atoms with Crippen molar-refractivity contribution in [2.24, 2.45) is 0 Å². The summed E-state index contributed by atoms with van der Waals surface area (Å²) >= 11 is 0. The molecule has 0 aliphatic rings. The Morgan fingerprint density at radius 1 is 1.00 bits per heavy atom. The highest BCUT2D eigenvalue weighted by atomic mass is 16.5. The van der Waals surface area contributed by atoms with E-state index in [1.165, 1.54) is 16.7 Å². The smallest absolute Gasteiger partial charge is 0.125 e. The van der Waals surface area contributed by atoms with Crippen molar-refractivity contribution in [2.45, 2.75) is 34.1 Å². The van der Waals surface area contributed by atoms with Gasteiger partial charge in [0, 0.05) is 19.8 Å². The molecule has 0 spiro atoms. The van der Waals surface area contributed by atoms with Crippen LogP contribution in [0.2, 0.25) is 0 Å². The van der Waals surface area contributed by atoms with E-state index in [4.69, 9.17) is 9.47 Å². The van der Waals surface area contributed by atoms with Crippen LogP contribution in [0.15, 0.2) is 12.1 Å². The highest BCUT2D eigenvalue weighted by Crippen LogP contribution is 2.24. The van der Waals surface area contributed by atoms with E-state index in [9.17, 15) is 0 Å². The Labute approximate surface area is 117 Å². The molecule has 0 aliphatic carbocycles. The zero-order valence-electron chi connectivity index (χ0n) is 12.7. The van der Waals surface area contributed by atoms with Gasteiger partial charge >= 0.3 is 0 Å². The molecule has 0 unspecified atom stereocenters. The number of aryl methyl sites for hydroxylation is 3. The fourth-order valence-corrected chi connectivity index (χ4v) is 2.19. The van der Waals surface area contributed by atoms with Gasteiger partial charge in [0.15, 0.2) is 0 Å². The SMILES string of the molecule is CCOCCCNCCOc1c(C)cc(C)cc1C. The van der Waals surface area contributed by atoms with Crippen LogP contribution in [0.4, 0.5) is 0 Å². The van der Waals surface area contributed by atoms with Gasteiger partial charge in [0.2, 0.25) is 0 Å². The average Bonchev–Trinajstić information content (AvgIpc) is 2.35. The number of hydrogen-bond donors (Lipinski definition) is 1. The van der Waals surface area contributed by atoms with Crippen LogP contribution < -0.4 is 10.1 Å². The van der Waals surface area contributed by atoms with Gasteiger partial charge in [-0.1, -0.05) is 17.7 Å². The first-order valence-corrected chi connectivity index (χ1v) is 7.14.